The Bertz CT molecular complexity index is 719. The predicted molar refractivity (Wildman–Crippen MR) is 83.8 cm³/mol. The van der Waals surface area contributed by atoms with Crippen LogP contribution < -0.4 is 4.74 Å². The summed E-state index contributed by atoms with van der Waals surface area (Å²) in [5.41, 5.74) is 4.13. The van der Waals surface area contributed by atoms with Gasteiger partial charge in [0.05, 0.1) is 0 Å². The Labute approximate surface area is 129 Å². The van der Waals surface area contributed by atoms with Crippen molar-refractivity contribution in [1.29, 1.82) is 0 Å². The Morgan fingerprint density at radius 1 is 1.05 bits per heavy atom. The second-order valence-corrected chi connectivity index (χ2v) is 5.67. The Morgan fingerprint density at radius 2 is 1.91 bits per heavy atom. The molecule has 0 unspecified atom stereocenters. The minimum atomic E-state index is -0.350. The molecular formula is C19H18F2O. The van der Waals surface area contributed by atoms with Crippen LogP contribution in [0.15, 0.2) is 48.0 Å². The van der Waals surface area contributed by atoms with Crippen molar-refractivity contribution in [1.82, 2.24) is 0 Å². The molecule has 2 aromatic carbocycles. The molecule has 0 radical (unpaired) electrons. The van der Waals surface area contributed by atoms with Crippen molar-refractivity contribution in [2.45, 2.75) is 26.2 Å². The fourth-order valence-electron chi connectivity index (χ4n) is 2.88. The third-order valence-electron chi connectivity index (χ3n) is 3.99. The van der Waals surface area contributed by atoms with E-state index in [1.165, 1.54) is 12.1 Å². The molecule has 0 N–H and O–H groups in total. The van der Waals surface area contributed by atoms with E-state index in [0.29, 0.717) is 6.61 Å². The molecule has 3 heteroatoms. The van der Waals surface area contributed by atoms with Gasteiger partial charge in [0.15, 0.2) is 11.6 Å². The van der Waals surface area contributed by atoms with Gasteiger partial charge in [-0.25, -0.2) is 8.78 Å². The highest BCUT2D eigenvalue weighted by Gasteiger charge is 2.17. The zero-order valence-corrected chi connectivity index (χ0v) is 12.5. The van der Waals surface area contributed by atoms with Gasteiger partial charge in [0.25, 0.3) is 0 Å². The highest BCUT2D eigenvalue weighted by Crippen LogP contribution is 2.34. The lowest BCUT2D eigenvalue weighted by molar-refractivity contribution is 0.330. The van der Waals surface area contributed by atoms with Gasteiger partial charge in [-0.05, 0) is 72.7 Å². The molecule has 114 valence electrons. The fraction of sp³-hybridized carbons (Fsp3) is 0.263. The first kappa shape index (κ1) is 14.8. The highest BCUT2D eigenvalue weighted by atomic mass is 19.1. The van der Waals surface area contributed by atoms with Crippen LogP contribution in [0.25, 0.3) is 5.57 Å². The van der Waals surface area contributed by atoms with Gasteiger partial charge in [0.1, 0.15) is 12.4 Å². The molecule has 0 amide bonds. The maximum absolute atomic E-state index is 13.7. The van der Waals surface area contributed by atoms with Crippen molar-refractivity contribution in [2.75, 3.05) is 6.61 Å². The maximum atomic E-state index is 13.7. The predicted octanol–water partition coefficient (Wildman–Crippen LogP) is 5.29. The molecule has 2 aromatic rings. The van der Waals surface area contributed by atoms with E-state index < -0.39 is 0 Å². The van der Waals surface area contributed by atoms with Gasteiger partial charge in [-0.3, -0.25) is 0 Å². The molecule has 0 aliphatic heterocycles. The zero-order valence-electron chi connectivity index (χ0n) is 12.5. The number of aryl methyl sites for hydroxylation is 1. The SMILES string of the molecule is Cc1ccc(F)c(OCC2=C(c3cccc(F)c3)CCC2)c1. The van der Waals surface area contributed by atoms with Gasteiger partial charge in [0.2, 0.25) is 0 Å². The molecule has 0 bridgehead atoms. The minimum Gasteiger partial charge on any atom is -0.486 e. The molecule has 1 nitrogen and oxygen atoms in total. The van der Waals surface area contributed by atoms with E-state index in [1.807, 2.05) is 13.0 Å². The lowest BCUT2D eigenvalue weighted by atomic mass is 10.0. The first-order valence-electron chi connectivity index (χ1n) is 7.49. The van der Waals surface area contributed by atoms with Crippen LogP contribution in [-0.4, -0.2) is 6.61 Å². The van der Waals surface area contributed by atoms with E-state index in [-0.39, 0.29) is 17.4 Å². The van der Waals surface area contributed by atoms with Crippen LogP contribution in [0.2, 0.25) is 0 Å². The smallest absolute Gasteiger partial charge is 0.165 e. The van der Waals surface area contributed by atoms with Crippen molar-refractivity contribution in [3.63, 3.8) is 0 Å². The molecule has 22 heavy (non-hydrogen) atoms. The van der Waals surface area contributed by atoms with Gasteiger partial charge >= 0.3 is 0 Å². The van der Waals surface area contributed by atoms with Crippen LogP contribution in [-0.2, 0) is 0 Å². The number of rotatable bonds is 4. The number of hydrogen-bond acceptors (Lipinski definition) is 1. The molecule has 0 aromatic heterocycles. The van der Waals surface area contributed by atoms with Gasteiger partial charge < -0.3 is 4.74 Å². The quantitative estimate of drug-likeness (QED) is 0.745. The highest BCUT2D eigenvalue weighted by molar-refractivity contribution is 5.70. The first-order chi connectivity index (χ1) is 10.6. The summed E-state index contributed by atoms with van der Waals surface area (Å²) in [5.74, 6) is -0.309. The summed E-state index contributed by atoms with van der Waals surface area (Å²) < 4.78 is 32.8. The molecule has 1 aliphatic carbocycles. The molecule has 3 rings (SSSR count). The van der Waals surface area contributed by atoms with E-state index in [0.717, 1.165) is 41.5 Å². The second kappa shape index (κ2) is 6.30. The molecule has 1 aliphatic rings. The van der Waals surface area contributed by atoms with E-state index in [4.69, 9.17) is 4.74 Å². The van der Waals surface area contributed by atoms with Crippen LogP contribution in [0.3, 0.4) is 0 Å². The lowest BCUT2D eigenvalue weighted by Gasteiger charge is -2.11. The van der Waals surface area contributed by atoms with E-state index in [1.54, 1.807) is 24.3 Å². The molecule has 0 atom stereocenters. The minimum absolute atomic E-state index is 0.234. The largest absolute Gasteiger partial charge is 0.486 e. The molecule has 0 spiro atoms. The van der Waals surface area contributed by atoms with E-state index >= 15 is 0 Å². The third kappa shape index (κ3) is 3.19. The van der Waals surface area contributed by atoms with E-state index in [2.05, 4.69) is 0 Å². The van der Waals surface area contributed by atoms with Crippen molar-refractivity contribution in [3.05, 3.63) is 70.8 Å². The summed E-state index contributed by atoms with van der Waals surface area (Å²) in [6.45, 7) is 2.26. The third-order valence-corrected chi connectivity index (χ3v) is 3.99. The molecule has 0 heterocycles. The van der Waals surface area contributed by atoms with Crippen LogP contribution in [0.4, 0.5) is 8.78 Å². The second-order valence-electron chi connectivity index (χ2n) is 5.67. The number of allylic oxidation sites excluding steroid dienone is 1. The molecule has 0 fully saturated rings. The number of halogens is 2. The van der Waals surface area contributed by atoms with Crippen LogP contribution in [0.5, 0.6) is 5.75 Å². The summed E-state index contributed by atoms with van der Waals surface area (Å²) >= 11 is 0. The first-order valence-corrected chi connectivity index (χ1v) is 7.49. The van der Waals surface area contributed by atoms with Crippen molar-refractivity contribution in [3.8, 4) is 5.75 Å². The van der Waals surface area contributed by atoms with Gasteiger partial charge in [0, 0.05) is 0 Å². The van der Waals surface area contributed by atoms with Crippen molar-refractivity contribution >= 4 is 5.57 Å². The monoisotopic (exact) mass is 300 g/mol. The zero-order chi connectivity index (χ0) is 15.5. The molecular weight excluding hydrogens is 282 g/mol. The van der Waals surface area contributed by atoms with Crippen LogP contribution in [0, 0.1) is 18.6 Å². The standard InChI is InChI=1S/C19H18F2O/c1-13-8-9-18(21)19(10-13)22-12-15-5-3-7-17(15)14-4-2-6-16(20)11-14/h2,4,6,8-11H,3,5,7,12H2,1H3. The average molecular weight is 300 g/mol. The summed E-state index contributed by atoms with van der Waals surface area (Å²) in [7, 11) is 0. The Morgan fingerprint density at radius 3 is 2.73 bits per heavy atom. The van der Waals surface area contributed by atoms with Crippen LogP contribution >= 0.6 is 0 Å². The molecule has 0 saturated heterocycles. The maximum Gasteiger partial charge on any atom is 0.165 e. The lowest BCUT2D eigenvalue weighted by Crippen LogP contribution is -2.03. The van der Waals surface area contributed by atoms with Gasteiger partial charge in [-0.1, -0.05) is 18.2 Å². The Kier molecular flexibility index (Phi) is 4.23. The summed E-state index contributed by atoms with van der Waals surface area (Å²) in [6, 6.07) is 11.5. The Balaban J connectivity index is 1.81. The summed E-state index contributed by atoms with van der Waals surface area (Å²) in [4.78, 5) is 0. The van der Waals surface area contributed by atoms with Crippen molar-refractivity contribution < 1.29 is 13.5 Å². The number of benzene rings is 2. The number of hydrogen-bond donors (Lipinski definition) is 0. The molecule has 0 saturated carbocycles. The summed E-state index contributed by atoms with van der Waals surface area (Å²) in [5, 5.41) is 0. The summed E-state index contributed by atoms with van der Waals surface area (Å²) in [6.07, 6.45) is 2.86. The Hall–Kier alpha value is -2.16. The topological polar surface area (TPSA) is 9.23 Å². The average Bonchev–Trinajstić information content (AvgIpc) is 2.97. The van der Waals surface area contributed by atoms with Crippen LogP contribution in [0.1, 0.15) is 30.4 Å². The normalized spacial score (nSPS) is 14.5. The number of ether oxygens (including phenoxy) is 1. The van der Waals surface area contributed by atoms with Gasteiger partial charge in [-0.15, -0.1) is 0 Å². The van der Waals surface area contributed by atoms with E-state index in [9.17, 15) is 8.78 Å². The van der Waals surface area contributed by atoms with Gasteiger partial charge in [-0.2, -0.15) is 0 Å². The fourth-order valence-corrected chi connectivity index (χ4v) is 2.88. The van der Waals surface area contributed by atoms with Crippen molar-refractivity contribution in [2.24, 2.45) is 0 Å².